The highest BCUT2D eigenvalue weighted by Gasteiger charge is 2.35. The normalized spacial score (nSPS) is 14.1. The summed E-state index contributed by atoms with van der Waals surface area (Å²) in [6.07, 6.45) is -4.73. The molecule has 0 bridgehead atoms. The third kappa shape index (κ3) is 2.36. The van der Waals surface area contributed by atoms with Crippen molar-refractivity contribution in [2.24, 2.45) is 0 Å². The van der Waals surface area contributed by atoms with E-state index in [2.05, 4.69) is 4.98 Å². The molecule has 0 saturated heterocycles. The molecule has 0 aliphatic heterocycles. The van der Waals surface area contributed by atoms with Gasteiger partial charge in [0.25, 0.3) is 0 Å². The van der Waals surface area contributed by atoms with Gasteiger partial charge in [-0.2, -0.15) is 13.2 Å². The molecule has 1 heterocycles. The molecule has 0 fully saturated rings. The van der Waals surface area contributed by atoms with Crippen LogP contribution >= 0.6 is 11.6 Å². The van der Waals surface area contributed by atoms with Crippen molar-refractivity contribution in [2.75, 3.05) is 5.88 Å². The number of hydrogen-bond donors (Lipinski definition) is 1. The molecule has 0 aliphatic carbocycles. The monoisotopic (exact) mass is 225 g/mol. The fourth-order valence-corrected chi connectivity index (χ4v) is 1.14. The standard InChI is InChI=1S/C8H7ClF3NO/c9-4-6(14)7-5(8(10,11)12)2-1-3-13-7/h1-3,6,14H,4H2. The summed E-state index contributed by atoms with van der Waals surface area (Å²) in [5, 5.41) is 9.18. The van der Waals surface area contributed by atoms with E-state index >= 15 is 0 Å². The molecule has 0 amide bonds. The SMILES string of the molecule is OC(CCl)c1ncccc1C(F)(F)F. The van der Waals surface area contributed by atoms with E-state index in [4.69, 9.17) is 11.6 Å². The molecule has 1 aromatic rings. The quantitative estimate of drug-likeness (QED) is 0.784. The molecular formula is C8H7ClF3NO. The van der Waals surface area contributed by atoms with E-state index in [1.54, 1.807) is 0 Å². The van der Waals surface area contributed by atoms with Crippen LogP contribution in [0.25, 0.3) is 0 Å². The summed E-state index contributed by atoms with van der Waals surface area (Å²) in [7, 11) is 0. The van der Waals surface area contributed by atoms with Gasteiger partial charge in [0.1, 0.15) is 6.10 Å². The second kappa shape index (κ2) is 4.14. The first-order chi connectivity index (χ1) is 6.46. The highest BCUT2D eigenvalue weighted by molar-refractivity contribution is 6.18. The minimum absolute atomic E-state index is 0.319. The van der Waals surface area contributed by atoms with Gasteiger partial charge in [0, 0.05) is 6.20 Å². The summed E-state index contributed by atoms with van der Waals surface area (Å²) in [4.78, 5) is 3.46. The number of hydrogen-bond acceptors (Lipinski definition) is 2. The smallest absolute Gasteiger partial charge is 0.386 e. The Morgan fingerprint density at radius 1 is 1.50 bits per heavy atom. The van der Waals surface area contributed by atoms with E-state index in [1.165, 1.54) is 6.20 Å². The number of aliphatic hydroxyl groups is 1. The van der Waals surface area contributed by atoms with Gasteiger partial charge in [-0.05, 0) is 12.1 Å². The first-order valence-corrected chi connectivity index (χ1v) is 4.26. The second-order valence-corrected chi connectivity index (χ2v) is 2.91. The zero-order valence-electron chi connectivity index (χ0n) is 6.92. The summed E-state index contributed by atoms with van der Waals surface area (Å²) < 4.78 is 37.1. The van der Waals surface area contributed by atoms with Crippen LogP contribution in [-0.4, -0.2) is 16.0 Å². The summed E-state index contributed by atoms with van der Waals surface area (Å²) >= 11 is 5.25. The number of aromatic nitrogens is 1. The van der Waals surface area contributed by atoms with Crippen molar-refractivity contribution >= 4 is 11.6 Å². The van der Waals surface area contributed by atoms with Gasteiger partial charge < -0.3 is 5.11 Å². The largest absolute Gasteiger partial charge is 0.418 e. The van der Waals surface area contributed by atoms with Gasteiger partial charge in [0.05, 0.1) is 17.1 Å². The lowest BCUT2D eigenvalue weighted by Crippen LogP contribution is -2.14. The average molecular weight is 226 g/mol. The summed E-state index contributed by atoms with van der Waals surface area (Å²) in [5.74, 6) is -0.319. The second-order valence-electron chi connectivity index (χ2n) is 2.60. The van der Waals surface area contributed by atoms with E-state index in [1.807, 2.05) is 0 Å². The van der Waals surface area contributed by atoms with Crippen molar-refractivity contribution in [3.8, 4) is 0 Å². The van der Waals surface area contributed by atoms with Crippen LogP contribution in [0.15, 0.2) is 18.3 Å². The van der Waals surface area contributed by atoms with Crippen LogP contribution in [0.4, 0.5) is 13.2 Å². The summed E-state index contributed by atoms with van der Waals surface area (Å²) in [5.41, 5.74) is -1.39. The molecule has 0 saturated carbocycles. The van der Waals surface area contributed by atoms with Crippen LogP contribution < -0.4 is 0 Å². The lowest BCUT2D eigenvalue weighted by atomic mass is 10.1. The maximum absolute atomic E-state index is 12.4. The van der Waals surface area contributed by atoms with Gasteiger partial charge in [0.15, 0.2) is 0 Å². The molecule has 0 aliphatic rings. The predicted molar refractivity (Wildman–Crippen MR) is 44.9 cm³/mol. The number of pyridine rings is 1. The maximum atomic E-state index is 12.4. The number of halogens is 4. The lowest BCUT2D eigenvalue weighted by Gasteiger charge is -2.13. The molecule has 1 rings (SSSR count). The molecular weight excluding hydrogens is 219 g/mol. The van der Waals surface area contributed by atoms with E-state index < -0.39 is 23.5 Å². The Kier molecular flexibility index (Phi) is 3.34. The molecule has 2 nitrogen and oxygen atoms in total. The third-order valence-corrected chi connectivity index (χ3v) is 1.90. The van der Waals surface area contributed by atoms with Crippen LogP contribution in [-0.2, 0) is 6.18 Å². The van der Waals surface area contributed by atoms with Gasteiger partial charge in [-0.15, -0.1) is 11.6 Å². The Balaban J connectivity index is 3.16. The van der Waals surface area contributed by atoms with Crippen LogP contribution in [0.5, 0.6) is 0 Å². The van der Waals surface area contributed by atoms with Crippen molar-refractivity contribution in [3.05, 3.63) is 29.6 Å². The first kappa shape index (κ1) is 11.3. The van der Waals surface area contributed by atoms with E-state index in [0.29, 0.717) is 0 Å². The van der Waals surface area contributed by atoms with Crippen LogP contribution in [0, 0.1) is 0 Å². The van der Waals surface area contributed by atoms with Gasteiger partial charge >= 0.3 is 6.18 Å². The van der Waals surface area contributed by atoms with Crippen LogP contribution in [0.3, 0.4) is 0 Å². The van der Waals surface area contributed by atoms with E-state index in [-0.39, 0.29) is 5.88 Å². The molecule has 1 aromatic heterocycles. The summed E-state index contributed by atoms with van der Waals surface area (Å²) in [6, 6.07) is 2.02. The molecule has 1 atom stereocenters. The highest BCUT2D eigenvalue weighted by atomic mass is 35.5. The molecule has 0 aromatic carbocycles. The highest BCUT2D eigenvalue weighted by Crippen LogP contribution is 2.33. The zero-order chi connectivity index (χ0) is 10.8. The van der Waals surface area contributed by atoms with Crippen LogP contribution in [0.1, 0.15) is 17.4 Å². The minimum atomic E-state index is -4.52. The topological polar surface area (TPSA) is 33.1 Å². The summed E-state index contributed by atoms with van der Waals surface area (Å²) in [6.45, 7) is 0. The van der Waals surface area contributed by atoms with Crippen molar-refractivity contribution in [1.82, 2.24) is 4.98 Å². The van der Waals surface area contributed by atoms with Crippen molar-refractivity contribution < 1.29 is 18.3 Å². The molecule has 6 heteroatoms. The van der Waals surface area contributed by atoms with E-state index in [0.717, 1.165) is 12.1 Å². The Labute approximate surface area is 83.3 Å². The fourth-order valence-electron chi connectivity index (χ4n) is 0.996. The lowest BCUT2D eigenvalue weighted by molar-refractivity contribution is -0.139. The maximum Gasteiger partial charge on any atom is 0.418 e. The Bertz CT molecular complexity index is 316. The average Bonchev–Trinajstić information content (AvgIpc) is 2.15. The Morgan fingerprint density at radius 2 is 2.14 bits per heavy atom. The van der Waals surface area contributed by atoms with Crippen molar-refractivity contribution in [3.63, 3.8) is 0 Å². The first-order valence-electron chi connectivity index (χ1n) is 3.73. The van der Waals surface area contributed by atoms with E-state index in [9.17, 15) is 18.3 Å². The number of nitrogens with zero attached hydrogens (tertiary/aromatic N) is 1. The molecule has 1 unspecified atom stereocenters. The third-order valence-electron chi connectivity index (χ3n) is 1.61. The van der Waals surface area contributed by atoms with Gasteiger partial charge in [-0.25, -0.2) is 0 Å². The Hall–Kier alpha value is -0.810. The zero-order valence-corrected chi connectivity index (χ0v) is 7.68. The Morgan fingerprint density at radius 3 is 2.64 bits per heavy atom. The van der Waals surface area contributed by atoms with Gasteiger partial charge in [-0.1, -0.05) is 0 Å². The van der Waals surface area contributed by atoms with Gasteiger partial charge in [0.2, 0.25) is 0 Å². The molecule has 0 radical (unpaired) electrons. The molecule has 78 valence electrons. The number of alkyl halides is 4. The van der Waals surface area contributed by atoms with Crippen LogP contribution in [0.2, 0.25) is 0 Å². The minimum Gasteiger partial charge on any atom is -0.386 e. The predicted octanol–water partition coefficient (Wildman–Crippen LogP) is 2.37. The molecule has 14 heavy (non-hydrogen) atoms. The van der Waals surface area contributed by atoms with Gasteiger partial charge in [-0.3, -0.25) is 4.98 Å². The number of aliphatic hydroxyl groups excluding tert-OH is 1. The number of rotatable bonds is 2. The van der Waals surface area contributed by atoms with Crippen molar-refractivity contribution in [1.29, 1.82) is 0 Å². The molecule has 0 spiro atoms. The molecule has 1 N–H and O–H groups in total. The fraction of sp³-hybridized carbons (Fsp3) is 0.375. The van der Waals surface area contributed by atoms with Crippen molar-refractivity contribution in [2.45, 2.75) is 12.3 Å².